The van der Waals surface area contributed by atoms with E-state index in [0.717, 1.165) is 17.7 Å². The largest absolute Gasteiger partial charge is 0.493 e. The number of nitrogens with zero attached hydrogens (tertiary/aromatic N) is 1. The molecule has 2 aromatic carbocycles. The van der Waals surface area contributed by atoms with Gasteiger partial charge in [0.05, 0.1) is 17.3 Å². The maximum Gasteiger partial charge on any atom is 0.266 e. The van der Waals surface area contributed by atoms with E-state index in [-0.39, 0.29) is 11.7 Å². The number of benzene rings is 2. The molecule has 0 unspecified atom stereocenters. The van der Waals surface area contributed by atoms with Crippen LogP contribution < -0.4 is 14.8 Å². The minimum absolute atomic E-state index is 0.0538. The van der Waals surface area contributed by atoms with Crippen molar-refractivity contribution in [1.29, 1.82) is 5.26 Å². The molecule has 1 heterocycles. The Hall–Kier alpha value is -2.97. The van der Waals surface area contributed by atoms with Gasteiger partial charge in [0.15, 0.2) is 0 Å². The first-order chi connectivity index (χ1) is 13.0. The molecule has 0 bridgehead atoms. The zero-order chi connectivity index (χ0) is 19.4. The average Bonchev–Trinajstić information content (AvgIpc) is 3.00. The average molecular weight is 383 g/mol. The van der Waals surface area contributed by atoms with Gasteiger partial charge in [0, 0.05) is 17.5 Å². The molecule has 138 valence electrons. The number of halogens is 1. The molecule has 0 saturated carbocycles. The van der Waals surface area contributed by atoms with Crippen molar-refractivity contribution in [3.05, 3.63) is 58.1 Å². The topological polar surface area (TPSA) is 71.3 Å². The molecule has 0 fully saturated rings. The van der Waals surface area contributed by atoms with Crippen LogP contribution in [0.3, 0.4) is 0 Å². The number of nitriles is 1. The van der Waals surface area contributed by atoms with Crippen molar-refractivity contribution in [2.24, 2.45) is 0 Å². The number of hydrogen-bond donors (Lipinski definition) is 1. The van der Waals surface area contributed by atoms with E-state index in [0.29, 0.717) is 28.6 Å². The number of ether oxygens (including phenoxy) is 2. The summed E-state index contributed by atoms with van der Waals surface area (Å²) < 4.78 is 11.5. The molecule has 1 atom stereocenters. The summed E-state index contributed by atoms with van der Waals surface area (Å²) in [5.41, 5.74) is 2.07. The van der Waals surface area contributed by atoms with Gasteiger partial charge in [-0.15, -0.1) is 0 Å². The van der Waals surface area contributed by atoms with Gasteiger partial charge in [0.2, 0.25) is 0 Å². The van der Waals surface area contributed by atoms with Gasteiger partial charge in [0.25, 0.3) is 5.91 Å². The van der Waals surface area contributed by atoms with Crippen LogP contribution in [0, 0.1) is 11.3 Å². The van der Waals surface area contributed by atoms with Crippen LogP contribution in [0.5, 0.6) is 11.5 Å². The second-order valence-electron chi connectivity index (χ2n) is 6.17. The van der Waals surface area contributed by atoms with Crippen molar-refractivity contribution < 1.29 is 14.3 Å². The van der Waals surface area contributed by atoms with E-state index in [1.165, 1.54) is 6.08 Å². The maximum absolute atomic E-state index is 12.5. The quantitative estimate of drug-likeness (QED) is 0.605. The first-order valence-corrected chi connectivity index (χ1v) is 9.03. The van der Waals surface area contributed by atoms with Crippen molar-refractivity contribution in [2.75, 3.05) is 11.9 Å². The van der Waals surface area contributed by atoms with Crippen LogP contribution in [0.2, 0.25) is 5.02 Å². The molecule has 0 saturated heterocycles. The second-order valence-corrected chi connectivity index (χ2v) is 6.57. The summed E-state index contributed by atoms with van der Waals surface area (Å²) in [6.45, 7) is 4.35. The highest BCUT2D eigenvalue weighted by molar-refractivity contribution is 6.34. The fourth-order valence-electron chi connectivity index (χ4n) is 2.90. The first kappa shape index (κ1) is 18.8. The van der Waals surface area contributed by atoms with Gasteiger partial charge < -0.3 is 14.8 Å². The normalized spacial score (nSPS) is 15.5. The molecule has 0 radical (unpaired) electrons. The number of hydrogen-bond acceptors (Lipinski definition) is 4. The summed E-state index contributed by atoms with van der Waals surface area (Å²) in [4.78, 5) is 12.5. The van der Waals surface area contributed by atoms with Gasteiger partial charge in [-0.25, -0.2) is 0 Å². The Morgan fingerprint density at radius 3 is 2.93 bits per heavy atom. The lowest BCUT2D eigenvalue weighted by Crippen LogP contribution is -2.13. The molecule has 3 rings (SSSR count). The molecule has 27 heavy (non-hydrogen) atoms. The summed E-state index contributed by atoms with van der Waals surface area (Å²) in [5, 5.41) is 12.5. The van der Waals surface area contributed by atoms with Crippen molar-refractivity contribution in [2.45, 2.75) is 26.4 Å². The molecule has 0 aromatic heterocycles. The van der Waals surface area contributed by atoms with Gasteiger partial charge in [-0.1, -0.05) is 23.7 Å². The summed E-state index contributed by atoms with van der Waals surface area (Å²) in [5.74, 6) is 0.830. The minimum Gasteiger partial charge on any atom is -0.493 e. The third kappa shape index (κ3) is 4.24. The third-order valence-electron chi connectivity index (χ3n) is 4.12. The Morgan fingerprint density at radius 2 is 2.22 bits per heavy atom. The van der Waals surface area contributed by atoms with Gasteiger partial charge in [-0.3, -0.25) is 4.79 Å². The van der Waals surface area contributed by atoms with Gasteiger partial charge in [0.1, 0.15) is 29.2 Å². The Bertz CT molecular complexity index is 947. The number of anilines is 1. The molecule has 1 amide bonds. The summed E-state index contributed by atoms with van der Waals surface area (Å²) in [7, 11) is 0. The van der Waals surface area contributed by atoms with E-state index < -0.39 is 5.91 Å². The SMILES string of the molecule is CCOc1cc2c(cc1/C=C(\C#N)C(=O)Nc1ccccc1Cl)O[C@@H](C)C2. The lowest BCUT2D eigenvalue weighted by Gasteiger charge is -2.11. The monoisotopic (exact) mass is 382 g/mol. The van der Waals surface area contributed by atoms with Crippen molar-refractivity contribution in [3.63, 3.8) is 0 Å². The van der Waals surface area contributed by atoms with Crippen molar-refractivity contribution in [1.82, 2.24) is 0 Å². The van der Waals surface area contributed by atoms with E-state index in [1.54, 1.807) is 24.3 Å². The number of para-hydroxylation sites is 1. The summed E-state index contributed by atoms with van der Waals surface area (Å²) >= 11 is 6.07. The summed E-state index contributed by atoms with van der Waals surface area (Å²) in [6.07, 6.45) is 2.40. The van der Waals surface area contributed by atoms with Crippen LogP contribution in [-0.2, 0) is 11.2 Å². The number of carbonyl (C=O) groups excluding carboxylic acids is 1. The highest BCUT2D eigenvalue weighted by Crippen LogP contribution is 2.36. The second kappa shape index (κ2) is 8.15. The van der Waals surface area contributed by atoms with Gasteiger partial charge in [-0.05, 0) is 44.2 Å². The van der Waals surface area contributed by atoms with Crippen LogP contribution >= 0.6 is 11.6 Å². The standard InChI is InChI=1S/C21H19ClN2O3/c1-3-26-19-10-14-8-13(2)27-20(14)11-15(19)9-16(12-23)21(25)24-18-7-5-4-6-17(18)22/h4-7,9-11,13H,3,8H2,1-2H3,(H,24,25)/b16-9+/t13-/m0/s1. The zero-order valence-electron chi connectivity index (χ0n) is 15.1. The Balaban J connectivity index is 1.93. The van der Waals surface area contributed by atoms with Crippen molar-refractivity contribution in [3.8, 4) is 17.6 Å². The maximum atomic E-state index is 12.5. The number of fused-ring (bicyclic) bond motifs is 1. The van der Waals surface area contributed by atoms with Crippen LogP contribution in [0.4, 0.5) is 5.69 Å². The molecule has 1 N–H and O–H groups in total. The first-order valence-electron chi connectivity index (χ1n) is 8.65. The minimum atomic E-state index is -0.539. The van der Waals surface area contributed by atoms with Crippen LogP contribution in [0.15, 0.2) is 42.0 Å². The van der Waals surface area contributed by atoms with E-state index in [4.69, 9.17) is 21.1 Å². The van der Waals surface area contributed by atoms with Crippen LogP contribution in [0.1, 0.15) is 25.0 Å². The molecular formula is C21H19ClN2O3. The van der Waals surface area contributed by atoms with E-state index in [2.05, 4.69) is 5.32 Å². The Kier molecular flexibility index (Phi) is 5.68. The highest BCUT2D eigenvalue weighted by atomic mass is 35.5. The molecule has 0 aliphatic carbocycles. The van der Waals surface area contributed by atoms with Gasteiger partial charge >= 0.3 is 0 Å². The van der Waals surface area contributed by atoms with Crippen molar-refractivity contribution >= 4 is 29.3 Å². The number of carbonyl (C=O) groups is 1. The molecule has 5 nitrogen and oxygen atoms in total. The van der Waals surface area contributed by atoms with Gasteiger partial charge in [-0.2, -0.15) is 5.26 Å². The Morgan fingerprint density at radius 1 is 1.44 bits per heavy atom. The molecule has 1 aliphatic heterocycles. The predicted octanol–water partition coefficient (Wildman–Crippen LogP) is 4.61. The molecule has 6 heteroatoms. The molecule has 1 aliphatic rings. The third-order valence-corrected chi connectivity index (χ3v) is 4.44. The lowest BCUT2D eigenvalue weighted by atomic mass is 10.0. The van der Waals surface area contributed by atoms with E-state index in [1.807, 2.05) is 32.0 Å². The summed E-state index contributed by atoms with van der Waals surface area (Å²) in [6, 6.07) is 12.5. The highest BCUT2D eigenvalue weighted by Gasteiger charge is 2.22. The molecule has 0 spiro atoms. The zero-order valence-corrected chi connectivity index (χ0v) is 15.8. The van der Waals surface area contributed by atoms with E-state index >= 15 is 0 Å². The predicted molar refractivity (Wildman–Crippen MR) is 105 cm³/mol. The molecule has 2 aromatic rings. The van der Waals surface area contributed by atoms with Crippen LogP contribution in [-0.4, -0.2) is 18.6 Å². The number of nitrogens with one attached hydrogen (secondary N) is 1. The fraction of sp³-hybridized carbons (Fsp3) is 0.238. The van der Waals surface area contributed by atoms with E-state index in [9.17, 15) is 10.1 Å². The lowest BCUT2D eigenvalue weighted by molar-refractivity contribution is -0.112. The Labute approximate surface area is 163 Å². The fourth-order valence-corrected chi connectivity index (χ4v) is 3.09. The van der Waals surface area contributed by atoms with Crippen LogP contribution in [0.25, 0.3) is 6.08 Å². The smallest absolute Gasteiger partial charge is 0.266 e. The number of rotatable bonds is 5. The molecular weight excluding hydrogens is 364 g/mol. The number of amides is 1.